The summed E-state index contributed by atoms with van der Waals surface area (Å²) in [6.45, 7) is 2.39. The quantitative estimate of drug-likeness (QED) is 0.652. The third kappa shape index (κ3) is 6.06. The van der Waals surface area contributed by atoms with E-state index in [4.69, 9.17) is 16.3 Å². The molecule has 0 atom stereocenters. The van der Waals surface area contributed by atoms with Gasteiger partial charge in [-0.25, -0.2) is 13.2 Å². The van der Waals surface area contributed by atoms with Gasteiger partial charge in [-0.1, -0.05) is 30.5 Å². The summed E-state index contributed by atoms with van der Waals surface area (Å²) in [5.41, 5.74) is 1.55. The Bertz CT molecular complexity index is 1050. The van der Waals surface area contributed by atoms with E-state index in [1.54, 1.807) is 18.2 Å². The number of benzene rings is 2. The Morgan fingerprint density at radius 3 is 2.29 bits per heavy atom. The Kier molecular flexibility index (Phi) is 7.69. The lowest BCUT2D eigenvalue weighted by Gasteiger charge is -2.19. The summed E-state index contributed by atoms with van der Waals surface area (Å²) in [6, 6.07) is 10.7. The SMILES string of the molecule is Cc1ccc(NC(=O)COC(=O)c2ccc(S(=O)(=O)N3CCCCCC3)cc2)cc1Cl. The van der Waals surface area contributed by atoms with Crippen LogP contribution in [0.1, 0.15) is 41.6 Å². The molecule has 166 valence electrons. The highest BCUT2D eigenvalue weighted by atomic mass is 35.5. The van der Waals surface area contributed by atoms with Gasteiger partial charge in [0.25, 0.3) is 5.91 Å². The van der Waals surface area contributed by atoms with Crippen molar-refractivity contribution < 1.29 is 22.7 Å². The minimum Gasteiger partial charge on any atom is -0.452 e. The molecule has 1 N–H and O–H groups in total. The van der Waals surface area contributed by atoms with Crippen LogP contribution in [-0.2, 0) is 19.6 Å². The zero-order chi connectivity index (χ0) is 22.4. The summed E-state index contributed by atoms with van der Waals surface area (Å²) in [7, 11) is -3.59. The van der Waals surface area contributed by atoms with E-state index in [0.717, 1.165) is 31.2 Å². The highest BCUT2D eigenvalue weighted by Crippen LogP contribution is 2.21. The number of nitrogens with one attached hydrogen (secondary N) is 1. The normalized spacial score (nSPS) is 15.2. The van der Waals surface area contributed by atoms with E-state index in [1.165, 1.54) is 28.6 Å². The fourth-order valence-corrected chi connectivity index (χ4v) is 4.97. The van der Waals surface area contributed by atoms with Crippen LogP contribution in [0.3, 0.4) is 0 Å². The summed E-state index contributed by atoms with van der Waals surface area (Å²) in [5, 5.41) is 3.12. The molecule has 0 radical (unpaired) electrons. The molecule has 0 aromatic heterocycles. The Morgan fingerprint density at radius 1 is 1.03 bits per heavy atom. The van der Waals surface area contributed by atoms with E-state index >= 15 is 0 Å². The molecule has 2 aromatic carbocycles. The van der Waals surface area contributed by atoms with Gasteiger partial charge in [0.15, 0.2) is 6.61 Å². The average molecular weight is 465 g/mol. The van der Waals surface area contributed by atoms with Crippen LogP contribution in [0, 0.1) is 6.92 Å². The molecular weight excluding hydrogens is 440 g/mol. The number of carbonyl (C=O) groups excluding carboxylic acids is 2. The number of esters is 1. The molecule has 1 fully saturated rings. The molecule has 1 aliphatic rings. The first kappa shape index (κ1) is 23.2. The Hall–Kier alpha value is -2.42. The molecule has 7 nitrogen and oxygen atoms in total. The Morgan fingerprint density at radius 2 is 1.68 bits per heavy atom. The van der Waals surface area contributed by atoms with Crippen LogP contribution < -0.4 is 5.32 Å². The first-order chi connectivity index (χ1) is 14.8. The van der Waals surface area contributed by atoms with Crippen LogP contribution in [-0.4, -0.2) is 44.3 Å². The molecule has 31 heavy (non-hydrogen) atoms. The number of amides is 1. The number of halogens is 1. The molecule has 0 bridgehead atoms. The number of anilines is 1. The fraction of sp³-hybridized carbons (Fsp3) is 0.364. The predicted molar refractivity (Wildman–Crippen MR) is 119 cm³/mol. The van der Waals surface area contributed by atoms with Crippen molar-refractivity contribution in [2.75, 3.05) is 25.0 Å². The van der Waals surface area contributed by atoms with Crippen LogP contribution >= 0.6 is 11.6 Å². The lowest BCUT2D eigenvalue weighted by Crippen LogP contribution is -2.31. The largest absolute Gasteiger partial charge is 0.452 e. The predicted octanol–water partition coefficient (Wildman–Crippen LogP) is 4.01. The second kappa shape index (κ2) is 10.3. The van der Waals surface area contributed by atoms with Gasteiger partial charge in [0.1, 0.15) is 0 Å². The number of ether oxygens (including phenoxy) is 1. The molecule has 9 heteroatoms. The van der Waals surface area contributed by atoms with E-state index in [9.17, 15) is 18.0 Å². The van der Waals surface area contributed by atoms with Crippen molar-refractivity contribution in [1.82, 2.24) is 4.31 Å². The van der Waals surface area contributed by atoms with E-state index in [0.29, 0.717) is 23.8 Å². The molecule has 1 saturated heterocycles. The van der Waals surface area contributed by atoms with Gasteiger partial charge in [0, 0.05) is 23.8 Å². The molecule has 0 saturated carbocycles. The summed E-state index contributed by atoms with van der Waals surface area (Å²) in [4.78, 5) is 24.4. The molecule has 0 unspecified atom stereocenters. The van der Waals surface area contributed by atoms with Gasteiger partial charge in [-0.05, 0) is 61.7 Å². The Balaban J connectivity index is 1.57. The number of nitrogens with zero attached hydrogens (tertiary/aromatic N) is 1. The molecule has 1 heterocycles. The zero-order valence-electron chi connectivity index (χ0n) is 17.3. The first-order valence-corrected chi connectivity index (χ1v) is 11.9. The van der Waals surface area contributed by atoms with Gasteiger partial charge in [-0.15, -0.1) is 0 Å². The molecule has 2 aromatic rings. The van der Waals surface area contributed by atoms with Crippen molar-refractivity contribution in [2.45, 2.75) is 37.5 Å². The minimum absolute atomic E-state index is 0.139. The van der Waals surface area contributed by atoms with Crippen LogP contribution in [0.2, 0.25) is 5.02 Å². The highest BCUT2D eigenvalue weighted by Gasteiger charge is 2.25. The molecule has 0 spiro atoms. The number of rotatable bonds is 6. The maximum absolute atomic E-state index is 12.8. The topological polar surface area (TPSA) is 92.8 Å². The standard InChI is InChI=1S/C22H25ClN2O5S/c1-16-6-9-18(14-20(16)23)24-21(26)15-30-22(27)17-7-10-19(11-8-17)31(28,29)25-12-4-2-3-5-13-25/h6-11,14H,2-5,12-13,15H2,1H3,(H,24,26). The maximum Gasteiger partial charge on any atom is 0.338 e. The van der Waals surface area contributed by atoms with Crippen molar-refractivity contribution in [2.24, 2.45) is 0 Å². The zero-order valence-corrected chi connectivity index (χ0v) is 18.8. The number of carbonyl (C=O) groups is 2. The van der Waals surface area contributed by atoms with E-state index in [2.05, 4.69) is 5.32 Å². The number of sulfonamides is 1. The van der Waals surface area contributed by atoms with E-state index in [1.807, 2.05) is 6.92 Å². The Labute approximate surface area is 187 Å². The molecule has 1 amide bonds. The second-order valence-corrected chi connectivity index (χ2v) is 9.78. The van der Waals surface area contributed by atoms with Crippen LogP contribution in [0.25, 0.3) is 0 Å². The van der Waals surface area contributed by atoms with Gasteiger partial charge >= 0.3 is 5.97 Å². The van der Waals surface area contributed by atoms with Gasteiger partial charge in [0.05, 0.1) is 10.5 Å². The average Bonchev–Trinajstić information content (AvgIpc) is 3.05. The summed E-state index contributed by atoms with van der Waals surface area (Å²) in [5.74, 6) is -1.22. The van der Waals surface area contributed by atoms with Gasteiger partial charge in [0.2, 0.25) is 10.0 Å². The number of hydrogen-bond acceptors (Lipinski definition) is 5. The van der Waals surface area contributed by atoms with Crippen molar-refractivity contribution in [1.29, 1.82) is 0 Å². The highest BCUT2D eigenvalue weighted by molar-refractivity contribution is 7.89. The van der Waals surface area contributed by atoms with Gasteiger partial charge in [-0.2, -0.15) is 4.31 Å². The summed E-state index contributed by atoms with van der Waals surface area (Å²) >= 11 is 6.02. The van der Waals surface area contributed by atoms with Gasteiger partial charge in [-0.3, -0.25) is 4.79 Å². The number of aryl methyl sites for hydroxylation is 1. The van der Waals surface area contributed by atoms with E-state index in [-0.39, 0.29) is 10.5 Å². The van der Waals surface area contributed by atoms with Crippen LogP contribution in [0.5, 0.6) is 0 Å². The third-order valence-corrected chi connectivity index (χ3v) is 7.40. The van der Waals surface area contributed by atoms with Crippen molar-refractivity contribution in [3.63, 3.8) is 0 Å². The smallest absolute Gasteiger partial charge is 0.338 e. The van der Waals surface area contributed by atoms with E-state index < -0.39 is 28.5 Å². The molecule has 1 aliphatic heterocycles. The van der Waals surface area contributed by atoms with Crippen LogP contribution in [0.15, 0.2) is 47.4 Å². The first-order valence-electron chi connectivity index (χ1n) is 10.1. The summed E-state index contributed by atoms with van der Waals surface area (Å²) in [6.07, 6.45) is 3.75. The minimum atomic E-state index is -3.59. The molecular formula is C22H25ClN2O5S. The summed E-state index contributed by atoms with van der Waals surface area (Å²) < 4.78 is 32.1. The van der Waals surface area contributed by atoms with Crippen molar-refractivity contribution in [3.05, 3.63) is 58.6 Å². The lowest BCUT2D eigenvalue weighted by molar-refractivity contribution is -0.119. The van der Waals surface area contributed by atoms with Crippen molar-refractivity contribution >= 4 is 39.2 Å². The maximum atomic E-state index is 12.8. The molecule has 0 aliphatic carbocycles. The van der Waals surface area contributed by atoms with Crippen molar-refractivity contribution in [3.8, 4) is 0 Å². The van der Waals surface area contributed by atoms with Crippen LogP contribution in [0.4, 0.5) is 5.69 Å². The number of hydrogen-bond donors (Lipinski definition) is 1. The lowest BCUT2D eigenvalue weighted by atomic mass is 10.2. The fourth-order valence-electron chi connectivity index (χ4n) is 3.28. The monoisotopic (exact) mass is 464 g/mol. The third-order valence-electron chi connectivity index (χ3n) is 5.08. The van der Waals surface area contributed by atoms with Gasteiger partial charge < -0.3 is 10.1 Å². The molecule has 3 rings (SSSR count). The second-order valence-electron chi connectivity index (χ2n) is 7.43.